The van der Waals surface area contributed by atoms with Crippen molar-refractivity contribution in [1.29, 1.82) is 0 Å². The largest absolute Gasteiger partial charge is 0.496 e. The van der Waals surface area contributed by atoms with Crippen molar-refractivity contribution in [3.63, 3.8) is 0 Å². The molecule has 0 bridgehead atoms. The summed E-state index contributed by atoms with van der Waals surface area (Å²) >= 11 is 12.5. The number of amides is 1. The summed E-state index contributed by atoms with van der Waals surface area (Å²) in [6.07, 6.45) is 1.80. The average molecular weight is 362 g/mol. The van der Waals surface area contributed by atoms with E-state index in [4.69, 9.17) is 28.6 Å². The zero-order valence-corrected chi connectivity index (χ0v) is 14.5. The molecule has 0 unspecified atom stereocenters. The fraction of sp³-hybridized carbons (Fsp3) is 0.0588. The summed E-state index contributed by atoms with van der Waals surface area (Å²) in [6.45, 7) is 0. The maximum atomic E-state index is 12.7. The van der Waals surface area contributed by atoms with Crippen LogP contribution in [-0.4, -0.2) is 17.3 Å². The number of nitrogens with zero attached hydrogens (tertiary/aromatic N) is 1. The van der Waals surface area contributed by atoms with Crippen LogP contribution >= 0.6 is 35.6 Å². The Hall–Kier alpha value is -1.82. The molecule has 1 heterocycles. The number of thiocarbonyl (C=S) groups is 1. The summed E-state index contributed by atoms with van der Waals surface area (Å²) in [5, 5.41) is 0.615. The first-order valence-electron chi connectivity index (χ1n) is 6.76. The molecule has 1 fully saturated rings. The lowest BCUT2D eigenvalue weighted by Crippen LogP contribution is -2.27. The monoisotopic (exact) mass is 361 g/mol. The maximum Gasteiger partial charge on any atom is 0.270 e. The zero-order chi connectivity index (χ0) is 16.4. The topological polar surface area (TPSA) is 29.5 Å². The van der Waals surface area contributed by atoms with Crippen LogP contribution in [0.15, 0.2) is 53.4 Å². The Labute approximate surface area is 148 Å². The van der Waals surface area contributed by atoms with Crippen molar-refractivity contribution in [3.8, 4) is 5.75 Å². The molecule has 1 aliphatic heterocycles. The molecule has 2 aromatic rings. The Bertz CT molecular complexity index is 802. The van der Waals surface area contributed by atoms with Crippen LogP contribution in [0.25, 0.3) is 6.08 Å². The van der Waals surface area contributed by atoms with E-state index >= 15 is 0 Å². The van der Waals surface area contributed by atoms with Crippen LogP contribution in [0.3, 0.4) is 0 Å². The lowest BCUT2D eigenvalue weighted by atomic mass is 10.2. The van der Waals surface area contributed by atoms with Crippen LogP contribution in [0.1, 0.15) is 5.56 Å². The molecule has 6 heteroatoms. The van der Waals surface area contributed by atoms with Gasteiger partial charge < -0.3 is 4.74 Å². The summed E-state index contributed by atoms with van der Waals surface area (Å²) in [5.41, 5.74) is 1.55. The second-order valence-electron chi connectivity index (χ2n) is 4.74. The van der Waals surface area contributed by atoms with Gasteiger partial charge in [-0.15, -0.1) is 0 Å². The molecule has 0 aromatic heterocycles. The Morgan fingerprint density at radius 1 is 1.17 bits per heavy atom. The fourth-order valence-corrected chi connectivity index (χ4v) is 3.62. The molecule has 3 nitrogen and oxygen atoms in total. The van der Waals surface area contributed by atoms with Crippen LogP contribution in [0, 0.1) is 0 Å². The molecule has 0 aliphatic carbocycles. The number of anilines is 1. The van der Waals surface area contributed by atoms with Crippen LogP contribution in [0.4, 0.5) is 5.69 Å². The number of halogens is 1. The number of carbonyl (C=O) groups excluding carboxylic acids is 1. The molecular weight excluding hydrogens is 350 g/mol. The van der Waals surface area contributed by atoms with Gasteiger partial charge in [0.15, 0.2) is 4.32 Å². The van der Waals surface area contributed by atoms with Crippen LogP contribution in [0.2, 0.25) is 5.02 Å². The highest BCUT2D eigenvalue weighted by atomic mass is 35.5. The highest BCUT2D eigenvalue weighted by Crippen LogP contribution is 2.37. The van der Waals surface area contributed by atoms with Gasteiger partial charge in [0.2, 0.25) is 0 Å². The fourth-order valence-electron chi connectivity index (χ4n) is 2.21. The van der Waals surface area contributed by atoms with Gasteiger partial charge in [0.1, 0.15) is 5.75 Å². The molecule has 2 aromatic carbocycles. The molecule has 0 N–H and O–H groups in total. The molecule has 116 valence electrons. The van der Waals surface area contributed by atoms with Crippen molar-refractivity contribution in [3.05, 3.63) is 64.0 Å². The van der Waals surface area contributed by atoms with Gasteiger partial charge in [-0.25, -0.2) is 0 Å². The lowest BCUT2D eigenvalue weighted by molar-refractivity contribution is -0.113. The Morgan fingerprint density at radius 2 is 1.87 bits per heavy atom. The SMILES string of the molecule is COc1ccccc1/C=C1\SC(=S)N(c2ccc(Cl)cc2)C1=O. The Balaban J connectivity index is 1.95. The summed E-state index contributed by atoms with van der Waals surface area (Å²) in [6, 6.07) is 14.6. The average Bonchev–Trinajstić information content (AvgIpc) is 2.83. The molecule has 0 saturated carbocycles. The first-order chi connectivity index (χ1) is 11.1. The lowest BCUT2D eigenvalue weighted by Gasteiger charge is -2.14. The molecule has 23 heavy (non-hydrogen) atoms. The van der Waals surface area contributed by atoms with Gasteiger partial charge in [-0.05, 0) is 36.4 Å². The van der Waals surface area contributed by atoms with Crippen molar-refractivity contribution < 1.29 is 9.53 Å². The summed E-state index contributed by atoms with van der Waals surface area (Å²) in [4.78, 5) is 14.8. The predicted molar refractivity (Wildman–Crippen MR) is 100 cm³/mol. The van der Waals surface area contributed by atoms with Gasteiger partial charge >= 0.3 is 0 Å². The standard InChI is InChI=1S/C17H12ClNO2S2/c1-21-14-5-3-2-4-11(14)10-15-16(20)19(17(22)23-15)13-8-6-12(18)7-9-13/h2-10H,1H3/b15-10-. The van der Waals surface area contributed by atoms with Crippen LogP contribution < -0.4 is 9.64 Å². The number of benzene rings is 2. The smallest absolute Gasteiger partial charge is 0.270 e. The third-order valence-electron chi connectivity index (χ3n) is 3.30. The second kappa shape index (κ2) is 6.74. The molecule has 1 saturated heterocycles. The predicted octanol–water partition coefficient (Wildman–Crippen LogP) is 4.75. The number of carbonyl (C=O) groups is 1. The molecule has 0 atom stereocenters. The molecule has 3 rings (SSSR count). The van der Waals surface area contributed by atoms with Gasteiger partial charge in [-0.1, -0.05) is 53.8 Å². The van der Waals surface area contributed by atoms with E-state index in [0.29, 0.717) is 25.7 Å². The summed E-state index contributed by atoms with van der Waals surface area (Å²) in [5.74, 6) is 0.567. The Kier molecular flexibility index (Phi) is 4.71. The first kappa shape index (κ1) is 16.1. The number of hydrogen-bond donors (Lipinski definition) is 0. The minimum Gasteiger partial charge on any atom is -0.496 e. The van der Waals surface area contributed by atoms with Crippen molar-refractivity contribution in [2.24, 2.45) is 0 Å². The maximum absolute atomic E-state index is 12.7. The minimum atomic E-state index is -0.145. The number of methoxy groups -OCH3 is 1. The summed E-state index contributed by atoms with van der Waals surface area (Å²) in [7, 11) is 1.60. The molecule has 0 radical (unpaired) electrons. The van der Waals surface area contributed by atoms with E-state index in [-0.39, 0.29) is 5.91 Å². The molecule has 0 spiro atoms. The van der Waals surface area contributed by atoms with E-state index < -0.39 is 0 Å². The van der Waals surface area contributed by atoms with Gasteiger partial charge in [0.25, 0.3) is 5.91 Å². The minimum absolute atomic E-state index is 0.145. The van der Waals surface area contributed by atoms with Crippen molar-refractivity contribution in [2.75, 3.05) is 12.0 Å². The number of rotatable bonds is 3. The molecule has 1 amide bonds. The van der Waals surface area contributed by atoms with E-state index in [9.17, 15) is 4.79 Å². The van der Waals surface area contributed by atoms with E-state index in [1.807, 2.05) is 24.3 Å². The molecule has 1 aliphatic rings. The van der Waals surface area contributed by atoms with Crippen molar-refractivity contribution in [2.45, 2.75) is 0 Å². The first-order valence-corrected chi connectivity index (χ1v) is 8.37. The van der Waals surface area contributed by atoms with Crippen molar-refractivity contribution in [1.82, 2.24) is 0 Å². The number of para-hydroxylation sites is 1. The van der Waals surface area contributed by atoms with Gasteiger partial charge in [-0.3, -0.25) is 9.69 Å². The Morgan fingerprint density at radius 3 is 2.57 bits per heavy atom. The third kappa shape index (κ3) is 3.27. The number of hydrogen-bond acceptors (Lipinski definition) is 4. The zero-order valence-electron chi connectivity index (χ0n) is 12.2. The third-order valence-corrected chi connectivity index (χ3v) is 4.86. The van der Waals surface area contributed by atoms with E-state index in [0.717, 1.165) is 5.56 Å². The van der Waals surface area contributed by atoms with Gasteiger partial charge in [0, 0.05) is 10.6 Å². The molecular formula is C17H12ClNO2S2. The summed E-state index contributed by atoms with van der Waals surface area (Å²) < 4.78 is 5.81. The van der Waals surface area contributed by atoms with Crippen LogP contribution in [-0.2, 0) is 4.79 Å². The quantitative estimate of drug-likeness (QED) is 0.582. The van der Waals surface area contributed by atoms with Crippen molar-refractivity contribution >= 4 is 57.6 Å². The number of thioether (sulfide) groups is 1. The van der Waals surface area contributed by atoms with E-state index in [2.05, 4.69) is 0 Å². The van der Waals surface area contributed by atoms with E-state index in [1.54, 1.807) is 37.5 Å². The van der Waals surface area contributed by atoms with Gasteiger partial charge in [-0.2, -0.15) is 0 Å². The normalized spacial score (nSPS) is 16.3. The highest BCUT2D eigenvalue weighted by Gasteiger charge is 2.33. The highest BCUT2D eigenvalue weighted by molar-refractivity contribution is 8.27. The van der Waals surface area contributed by atoms with Crippen LogP contribution in [0.5, 0.6) is 5.75 Å². The second-order valence-corrected chi connectivity index (χ2v) is 6.85. The van der Waals surface area contributed by atoms with Gasteiger partial charge in [0.05, 0.1) is 17.7 Å². The van der Waals surface area contributed by atoms with E-state index in [1.165, 1.54) is 16.7 Å². The number of ether oxygens (including phenoxy) is 1.